The number of pyridine rings is 2. The highest BCUT2D eigenvalue weighted by atomic mass is 19.1. The Morgan fingerprint density at radius 2 is 1.94 bits per heavy atom. The molecule has 34 heavy (non-hydrogen) atoms. The fourth-order valence-electron chi connectivity index (χ4n) is 5.47. The van der Waals surface area contributed by atoms with E-state index in [1.807, 2.05) is 35.2 Å². The van der Waals surface area contributed by atoms with Gasteiger partial charge in [0.05, 0.1) is 11.9 Å². The van der Waals surface area contributed by atoms with Crippen molar-refractivity contribution in [3.63, 3.8) is 0 Å². The quantitative estimate of drug-likeness (QED) is 0.429. The molecule has 1 fully saturated rings. The lowest BCUT2D eigenvalue weighted by Gasteiger charge is -2.48. The first-order valence-electron chi connectivity index (χ1n) is 12.5. The van der Waals surface area contributed by atoms with E-state index in [-0.39, 0.29) is 25.6 Å². The number of aromatic nitrogens is 2. The minimum Gasteiger partial charge on any atom is -0.481 e. The van der Waals surface area contributed by atoms with Gasteiger partial charge in [-0.05, 0) is 80.7 Å². The second-order valence-corrected chi connectivity index (χ2v) is 9.95. The molecule has 2 aliphatic rings. The van der Waals surface area contributed by atoms with E-state index in [2.05, 4.69) is 17.1 Å². The van der Waals surface area contributed by atoms with Crippen LogP contribution >= 0.6 is 0 Å². The first kappa shape index (κ1) is 22.9. The molecule has 5 rings (SSSR count). The zero-order chi connectivity index (χ0) is 23.5. The molecule has 1 atom stereocenters. The summed E-state index contributed by atoms with van der Waals surface area (Å²) in [5.74, 6) is -0.882. The van der Waals surface area contributed by atoms with Gasteiger partial charge in [0, 0.05) is 42.1 Å². The number of halogens is 1. The lowest BCUT2D eigenvalue weighted by molar-refractivity contribution is -0.141. The number of aryl methyl sites for hydroxylation is 3. The van der Waals surface area contributed by atoms with Crippen LogP contribution in [0.3, 0.4) is 0 Å². The SMILES string of the molecule is O=C(O)C[C@@H](c1cnc2ccccc2c1)N1CC(F)(CCCCc2ccc3c(n2)CCCC3)C1. The third kappa shape index (κ3) is 5.12. The van der Waals surface area contributed by atoms with Gasteiger partial charge in [0.15, 0.2) is 0 Å². The van der Waals surface area contributed by atoms with Crippen molar-refractivity contribution in [2.75, 3.05) is 13.1 Å². The summed E-state index contributed by atoms with van der Waals surface area (Å²) in [5, 5.41) is 10.4. The van der Waals surface area contributed by atoms with Gasteiger partial charge < -0.3 is 5.11 Å². The van der Waals surface area contributed by atoms with Crippen LogP contribution in [0.25, 0.3) is 10.9 Å². The number of fused-ring (bicyclic) bond motifs is 2. The van der Waals surface area contributed by atoms with Crippen molar-refractivity contribution in [1.82, 2.24) is 14.9 Å². The van der Waals surface area contributed by atoms with Crippen LogP contribution in [-0.2, 0) is 24.1 Å². The molecule has 0 unspecified atom stereocenters. The van der Waals surface area contributed by atoms with Gasteiger partial charge in [-0.2, -0.15) is 0 Å². The Morgan fingerprint density at radius 1 is 1.12 bits per heavy atom. The van der Waals surface area contributed by atoms with Crippen LogP contribution in [-0.4, -0.2) is 44.7 Å². The monoisotopic (exact) mass is 461 g/mol. The molecule has 178 valence electrons. The maximum Gasteiger partial charge on any atom is 0.305 e. The third-order valence-corrected chi connectivity index (χ3v) is 7.32. The predicted octanol–water partition coefficient (Wildman–Crippen LogP) is 5.46. The van der Waals surface area contributed by atoms with Crippen LogP contribution in [0.2, 0.25) is 0 Å². The number of likely N-dealkylation sites (tertiary alicyclic amines) is 1. The van der Waals surface area contributed by atoms with Crippen molar-refractivity contribution in [2.24, 2.45) is 0 Å². The van der Waals surface area contributed by atoms with Gasteiger partial charge in [0.2, 0.25) is 0 Å². The van der Waals surface area contributed by atoms with Gasteiger partial charge in [-0.1, -0.05) is 24.3 Å². The summed E-state index contributed by atoms with van der Waals surface area (Å²) in [6, 6.07) is 13.8. The molecular weight excluding hydrogens is 429 g/mol. The van der Waals surface area contributed by atoms with Crippen LogP contribution < -0.4 is 0 Å². The molecule has 3 aromatic rings. The molecule has 0 spiro atoms. The van der Waals surface area contributed by atoms with Crippen LogP contribution in [0.5, 0.6) is 0 Å². The van der Waals surface area contributed by atoms with Crippen molar-refractivity contribution in [3.05, 3.63) is 71.2 Å². The number of carboxylic acids is 1. The molecule has 0 amide bonds. The van der Waals surface area contributed by atoms with Crippen LogP contribution in [0, 0.1) is 0 Å². The van der Waals surface area contributed by atoms with Gasteiger partial charge in [0.25, 0.3) is 0 Å². The molecule has 2 aromatic heterocycles. The van der Waals surface area contributed by atoms with E-state index in [1.165, 1.54) is 24.1 Å². The van der Waals surface area contributed by atoms with Gasteiger partial charge in [0.1, 0.15) is 5.67 Å². The predicted molar refractivity (Wildman–Crippen MR) is 131 cm³/mol. The van der Waals surface area contributed by atoms with E-state index in [4.69, 9.17) is 4.98 Å². The summed E-state index contributed by atoms with van der Waals surface area (Å²) in [6.07, 6.45) is 9.51. The molecule has 5 nitrogen and oxygen atoms in total. The van der Waals surface area contributed by atoms with Gasteiger partial charge in [-0.3, -0.25) is 19.7 Å². The van der Waals surface area contributed by atoms with Crippen molar-refractivity contribution in [3.8, 4) is 0 Å². The third-order valence-electron chi connectivity index (χ3n) is 7.32. The molecule has 1 N–H and O–H groups in total. The first-order chi connectivity index (χ1) is 16.5. The normalized spacial score (nSPS) is 18.3. The molecule has 1 saturated heterocycles. The van der Waals surface area contributed by atoms with Crippen LogP contribution in [0.4, 0.5) is 4.39 Å². The highest BCUT2D eigenvalue weighted by Gasteiger charge is 2.46. The van der Waals surface area contributed by atoms with E-state index in [0.717, 1.165) is 54.3 Å². The number of carboxylic acid groups (broad SMARTS) is 1. The Kier molecular flexibility index (Phi) is 6.59. The highest BCUT2D eigenvalue weighted by Crippen LogP contribution is 2.39. The average Bonchev–Trinajstić information content (AvgIpc) is 2.83. The first-order valence-corrected chi connectivity index (χ1v) is 12.5. The summed E-state index contributed by atoms with van der Waals surface area (Å²) < 4.78 is 15.4. The second-order valence-electron chi connectivity index (χ2n) is 9.95. The zero-order valence-electron chi connectivity index (χ0n) is 19.5. The number of rotatable bonds is 9. The molecule has 1 aromatic carbocycles. The summed E-state index contributed by atoms with van der Waals surface area (Å²) in [6.45, 7) is 0.545. The molecule has 0 saturated carbocycles. The fraction of sp³-hybridized carbons (Fsp3) is 0.464. The highest BCUT2D eigenvalue weighted by molar-refractivity contribution is 5.79. The number of nitrogens with zero attached hydrogens (tertiary/aromatic N) is 3. The second kappa shape index (κ2) is 9.79. The van der Waals surface area contributed by atoms with Gasteiger partial charge in [-0.15, -0.1) is 0 Å². The molecule has 1 aliphatic carbocycles. The van der Waals surface area contributed by atoms with Crippen molar-refractivity contribution >= 4 is 16.9 Å². The van der Waals surface area contributed by atoms with E-state index in [9.17, 15) is 9.90 Å². The molecule has 0 bridgehead atoms. The van der Waals surface area contributed by atoms with E-state index in [0.29, 0.717) is 6.42 Å². The average molecular weight is 462 g/mol. The molecular formula is C28H32FN3O2. The standard InChI is InChI=1S/C28H32FN3O2/c29-28(14-6-5-9-23-13-12-20-7-1-4-11-25(20)31-23)18-32(19-28)26(16-27(33)34)22-15-21-8-2-3-10-24(21)30-17-22/h2-3,8,10,12-13,15,17,26H,1,4-7,9,11,14,16,18-19H2,(H,33,34)/t26-/m0/s1. The Balaban J connectivity index is 1.15. The number of unbranched alkanes of at least 4 members (excludes halogenated alkanes) is 1. The molecule has 0 radical (unpaired) electrons. The molecule has 1 aliphatic heterocycles. The van der Waals surface area contributed by atoms with E-state index in [1.54, 1.807) is 6.20 Å². The number of aliphatic carboxylic acids is 1. The lowest BCUT2D eigenvalue weighted by atomic mass is 9.86. The summed E-state index contributed by atoms with van der Waals surface area (Å²) >= 11 is 0. The fourth-order valence-corrected chi connectivity index (χ4v) is 5.47. The maximum atomic E-state index is 15.4. The number of para-hydroxylation sites is 1. The van der Waals surface area contributed by atoms with Crippen molar-refractivity contribution in [1.29, 1.82) is 0 Å². The Morgan fingerprint density at radius 3 is 2.79 bits per heavy atom. The number of hydrogen-bond acceptors (Lipinski definition) is 4. The molecule has 3 heterocycles. The number of carbonyl (C=O) groups is 1. The number of alkyl halides is 1. The van der Waals surface area contributed by atoms with Gasteiger partial charge in [-0.25, -0.2) is 4.39 Å². The van der Waals surface area contributed by atoms with Gasteiger partial charge >= 0.3 is 5.97 Å². The topological polar surface area (TPSA) is 66.3 Å². The minimum absolute atomic E-state index is 0.0555. The largest absolute Gasteiger partial charge is 0.481 e. The van der Waals surface area contributed by atoms with Crippen LogP contribution in [0.1, 0.15) is 67.1 Å². The van der Waals surface area contributed by atoms with Crippen LogP contribution in [0.15, 0.2) is 48.7 Å². The van der Waals surface area contributed by atoms with E-state index < -0.39 is 11.6 Å². The summed E-state index contributed by atoms with van der Waals surface area (Å²) in [5.41, 5.74) is 4.23. The summed E-state index contributed by atoms with van der Waals surface area (Å²) in [4.78, 5) is 22.8. The minimum atomic E-state index is -1.25. The zero-order valence-corrected chi connectivity index (χ0v) is 19.5. The van der Waals surface area contributed by atoms with Crippen molar-refractivity contribution in [2.45, 2.75) is 69.5 Å². The Labute approximate surface area is 200 Å². The van der Waals surface area contributed by atoms with E-state index >= 15 is 4.39 Å². The number of benzene rings is 1. The molecule has 6 heteroatoms. The Bertz CT molecular complexity index is 1180. The smallest absolute Gasteiger partial charge is 0.305 e. The van der Waals surface area contributed by atoms with Crippen molar-refractivity contribution < 1.29 is 14.3 Å². The lowest BCUT2D eigenvalue weighted by Crippen LogP contribution is -2.60. The maximum absolute atomic E-state index is 15.4. The number of hydrogen-bond donors (Lipinski definition) is 1. The Hall–Kier alpha value is -2.86. The summed E-state index contributed by atoms with van der Waals surface area (Å²) in [7, 11) is 0.